The molecule has 5 nitrogen and oxygen atoms in total. The van der Waals surface area contributed by atoms with Crippen LogP contribution in [-0.4, -0.2) is 54.1 Å². The second-order valence-corrected chi connectivity index (χ2v) is 6.42. The summed E-state index contributed by atoms with van der Waals surface area (Å²) in [5.74, 6) is 0.945. The zero-order valence-electron chi connectivity index (χ0n) is 12.2. The molecule has 20 heavy (non-hydrogen) atoms. The van der Waals surface area contributed by atoms with Gasteiger partial charge in [0.1, 0.15) is 0 Å². The van der Waals surface area contributed by atoms with Gasteiger partial charge in [0, 0.05) is 32.2 Å². The predicted molar refractivity (Wildman–Crippen MR) is 76.0 cm³/mol. The van der Waals surface area contributed by atoms with Gasteiger partial charge in [0.05, 0.1) is 18.0 Å². The van der Waals surface area contributed by atoms with Crippen molar-refractivity contribution in [2.75, 3.05) is 26.2 Å². The first kappa shape index (κ1) is 13.7. The van der Waals surface area contributed by atoms with Crippen LogP contribution in [0.15, 0.2) is 0 Å². The lowest BCUT2D eigenvalue weighted by Gasteiger charge is -2.45. The van der Waals surface area contributed by atoms with Crippen LogP contribution in [0.3, 0.4) is 0 Å². The number of nitrogens with zero attached hydrogens (tertiary/aromatic N) is 3. The second kappa shape index (κ2) is 5.61. The maximum Gasteiger partial charge on any atom is 0.317 e. The van der Waals surface area contributed by atoms with Gasteiger partial charge < -0.3 is 10.2 Å². The van der Waals surface area contributed by atoms with Gasteiger partial charge in [-0.25, -0.2) is 4.79 Å². The van der Waals surface area contributed by atoms with Crippen LogP contribution < -0.4 is 5.32 Å². The fourth-order valence-corrected chi connectivity index (χ4v) is 4.09. The highest BCUT2D eigenvalue weighted by Crippen LogP contribution is 2.34. The summed E-state index contributed by atoms with van der Waals surface area (Å²) < 4.78 is 0. The number of rotatable bonds is 2. The molecule has 4 unspecified atom stereocenters. The first-order valence-corrected chi connectivity index (χ1v) is 7.91. The highest BCUT2D eigenvalue weighted by atomic mass is 16.2. The lowest BCUT2D eigenvalue weighted by Crippen LogP contribution is -2.57. The SMILES string of the molecule is CCC1CCC(C#N)C(N2CCN3C(=O)NCC3C2)C1. The standard InChI is InChI=1S/C15H24N4O/c1-2-11-3-4-12(8-16)14(7-11)18-5-6-19-13(10-18)9-17-15(19)20/h11-14H,2-7,9-10H2,1H3,(H,17,20). The van der Waals surface area contributed by atoms with Crippen molar-refractivity contribution in [3.8, 4) is 6.07 Å². The summed E-state index contributed by atoms with van der Waals surface area (Å²) in [7, 11) is 0. The van der Waals surface area contributed by atoms with E-state index in [0.29, 0.717) is 12.1 Å². The van der Waals surface area contributed by atoms with E-state index in [1.54, 1.807) is 0 Å². The van der Waals surface area contributed by atoms with Gasteiger partial charge in [-0.05, 0) is 25.2 Å². The molecule has 2 aliphatic heterocycles. The van der Waals surface area contributed by atoms with Crippen molar-refractivity contribution in [2.24, 2.45) is 11.8 Å². The summed E-state index contributed by atoms with van der Waals surface area (Å²) in [6.45, 7) is 5.67. The van der Waals surface area contributed by atoms with Crippen LogP contribution >= 0.6 is 0 Å². The van der Waals surface area contributed by atoms with Crippen molar-refractivity contribution < 1.29 is 4.79 Å². The zero-order chi connectivity index (χ0) is 14.1. The Hall–Kier alpha value is -1.28. The second-order valence-electron chi connectivity index (χ2n) is 6.42. The Morgan fingerprint density at radius 2 is 2.25 bits per heavy atom. The summed E-state index contributed by atoms with van der Waals surface area (Å²) in [4.78, 5) is 16.1. The molecule has 2 heterocycles. The van der Waals surface area contributed by atoms with E-state index in [1.807, 2.05) is 4.90 Å². The van der Waals surface area contributed by atoms with Crippen molar-refractivity contribution in [3.63, 3.8) is 0 Å². The number of carbonyl (C=O) groups excluding carboxylic acids is 1. The van der Waals surface area contributed by atoms with E-state index >= 15 is 0 Å². The fourth-order valence-electron chi connectivity index (χ4n) is 4.09. The van der Waals surface area contributed by atoms with E-state index in [-0.39, 0.29) is 11.9 Å². The molecular weight excluding hydrogens is 252 g/mol. The minimum atomic E-state index is 0.0848. The van der Waals surface area contributed by atoms with Crippen molar-refractivity contribution >= 4 is 6.03 Å². The number of urea groups is 1. The molecule has 0 bridgehead atoms. The van der Waals surface area contributed by atoms with Gasteiger partial charge in [-0.1, -0.05) is 13.3 Å². The number of hydrogen-bond donors (Lipinski definition) is 1. The molecule has 0 aromatic rings. The maximum absolute atomic E-state index is 11.7. The Morgan fingerprint density at radius 1 is 1.40 bits per heavy atom. The van der Waals surface area contributed by atoms with E-state index in [4.69, 9.17) is 0 Å². The van der Waals surface area contributed by atoms with Crippen LogP contribution in [0.1, 0.15) is 32.6 Å². The van der Waals surface area contributed by atoms with Gasteiger partial charge in [0.25, 0.3) is 0 Å². The van der Waals surface area contributed by atoms with Gasteiger partial charge in [0.2, 0.25) is 0 Å². The molecule has 0 spiro atoms. The van der Waals surface area contributed by atoms with Crippen molar-refractivity contribution in [2.45, 2.75) is 44.7 Å². The monoisotopic (exact) mass is 276 g/mol. The molecule has 110 valence electrons. The zero-order valence-corrected chi connectivity index (χ0v) is 12.2. The van der Waals surface area contributed by atoms with Crippen LogP contribution in [0.2, 0.25) is 0 Å². The Labute approximate surface area is 120 Å². The average molecular weight is 276 g/mol. The summed E-state index contributed by atoms with van der Waals surface area (Å²) in [6, 6.07) is 3.31. The van der Waals surface area contributed by atoms with Gasteiger partial charge in [-0.3, -0.25) is 4.90 Å². The molecule has 2 amide bonds. The molecule has 5 heteroatoms. The van der Waals surface area contributed by atoms with Crippen LogP contribution in [-0.2, 0) is 0 Å². The minimum Gasteiger partial charge on any atom is -0.336 e. The van der Waals surface area contributed by atoms with E-state index < -0.39 is 0 Å². The molecule has 0 aromatic carbocycles. The molecule has 3 fully saturated rings. The van der Waals surface area contributed by atoms with Gasteiger partial charge in [0.15, 0.2) is 0 Å². The molecule has 4 atom stereocenters. The summed E-state index contributed by atoms with van der Waals surface area (Å²) in [5, 5.41) is 12.4. The highest BCUT2D eigenvalue weighted by molar-refractivity contribution is 5.77. The Balaban J connectivity index is 1.68. The first-order valence-electron chi connectivity index (χ1n) is 7.91. The number of piperazine rings is 1. The van der Waals surface area contributed by atoms with Crippen molar-refractivity contribution in [1.29, 1.82) is 5.26 Å². The molecular formula is C15H24N4O. The van der Waals surface area contributed by atoms with Crippen LogP contribution in [0, 0.1) is 23.2 Å². The van der Waals surface area contributed by atoms with E-state index in [1.165, 1.54) is 12.8 Å². The summed E-state index contributed by atoms with van der Waals surface area (Å²) >= 11 is 0. The van der Waals surface area contributed by atoms with Gasteiger partial charge in [-0.15, -0.1) is 0 Å². The maximum atomic E-state index is 11.7. The molecule has 1 N–H and O–H groups in total. The highest BCUT2D eigenvalue weighted by Gasteiger charge is 2.41. The van der Waals surface area contributed by atoms with Crippen molar-refractivity contribution in [3.05, 3.63) is 0 Å². The van der Waals surface area contributed by atoms with E-state index in [9.17, 15) is 10.1 Å². The average Bonchev–Trinajstić information content (AvgIpc) is 2.87. The fraction of sp³-hybridized carbons (Fsp3) is 0.867. The topological polar surface area (TPSA) is 59.4 Å². The third kappa shape index (κ3) is 2.37. The lowest BCUT2D eigenvalue weighted by atomic mass is 9.77. The first-order chi connectivity index (χ1) is 9.72. The number of hydrogen-bond acceptors (Lipinski definition) is 3. The van der Waals surface area contributed by atoms with Crippen LogP contribution in [0.5, 0.6) is 0 Å². The van der Waals surface area contributed by atoms with Gasteiger partial charge in [-0.2, -0.15) is 5.26 Å². The largest absolute Gasteiger partial charge is 0.336 e. The lowest BCUT2D eigenvalue weighted by molar-refractivity contribution is 0.0436. The summed E-state index contributed by atoms with van der Waals surface area (Å²) in [6.07, 6.45) is 4.62. The van der Waals surface area contributed by atoms with E-state index in [2.05, 4.69) is 23.2 Å². The number of nitriles is 1. The molecule has 2 saturated heterocycles. The Morgan fingerprint density at radius 3 is 3.00 bits per heavy atom. The normalized spacial score (nSPS) is 38.2. The number of carbonyl (C=O) groups is 1. The van der Waals surface area contributed by atoms with E-state index in [0.717, 1.165) is 44.9 Å². The third-order valence-corrected chi connectivity index (χ3v) is 5.40. The number of amides is 2. The minimum absolute atomic E-state index is 0.0848. The van der Waals surface area contributed by atoms with Crippen LogP contribution in [0.4, 0.5) is 4.79 Å². The van der Waals surface area contributed by atoms with Crippen LogP contribution in [0.25, 0.3) is 0 Å². The smallest absolute Gasteiger partial charge is 0.317 e. The van der Waals surface area contributed by atoms with Gasteiger partial charge >= 0.3 is 6.03 Å². The molecule has 3 aliphatic rings. The number of fused-ring (bicyclic) bond motifs is 1. The Bertz CT molecular complexity index is 419. The molecule has 1 aliphatic carbocycles. The third-order valence-electron chi connectivity index (χ3n) is 5.40. The molecule has 0 radical (unpaired) electrons. The molecule has 0 aromatic heterocycles. The molecule has 1 saturated carbocycles. The Kier molecular flexibility index (Phi) is 3.84. The number of nitrogens with one attached hydrogen (secondary N) is 1. The predicted octanol–water partition coefficient (Wildman–Crippen LogP) is 1.41. The quantitative estimate of drug-likeness (QED) is 0.829. The van der Waals surface area contributed by atoms with Crippen molar-refractivity contribution in [1.82, 2.24) is 15.1 Å². The summed E-state index contributed by atoms with van der Waals surface area (Å²) in [5.41, 5.74) is 0. The molecule has 3 rings (SSSR count).